The molecule has 0 aliphatic rings. The van der Waals surface area contributed by atoms with Gasteiger partial charge in [0.1, 0.15) is 5.58 Å². The Bertz CT molecular complexity index is 1210. The Labute approximate surface area is 171 Å². The van der Waals surface area contributed by atoms with Crippen LogP contribution in [0.4, 0.5) is 0 Å². The van der Waals surface area contributed by atoms with Gasteiger partial charge < -0.3 is 28.9 Å². The van der Waals surface area contributed by atoms with Crippen LogP contribution in [0.15, 0.2) is 44.5 Å². The van der Waals surface area contributed by atoms with Crippen molar-refractivity contribution in [3.8, 4) is 17.2 Å². The number of amides is 1. The Kier molecular flexibility index (Phi) is 6.10. The van der Waals surface area contributed by atoms with E-state index in [2.05, 4.69) is 5.32 Å². The Balaban J connectivity index is 1.75. The summed E-state index contributed by atoms with van der Waals surface area (Å²) in [5.74, 6) is 0.263. The predicted molar refractivity (Wildman–Crippen MR) is 109 cm³/mol. The van der Waals surface area contributed by atoms with Crippen LogP contribution in [0, 0.1) is 6.92 Å². The minimum Gasteiger partial charge on any atom is -0.503 e. The number of carbonyl (C=O) groups excluding carboxylic acids is 1. The van der Waals surface area contributed by atoms with Gasteiger partial charge in [0.25, 0.3) is 0 Å². The Morgan fingerprint density at radius 1 is 1.17 bits per heavy atom. The molecule has 2 N–H and O–H groups in total. The molecule has 0 bridgehead atoms. The second-order valence-electron chi connectivity index (χ2n) is 6.63. The fourth-order valence-electron chi connectivity index (χ4n) is 3.16. The summed E-state index contributed by atoms with van der Waals surface area (Å²) in [5, 5.41) is 13.1. The van der Waals surface area contributed by atoms with E-state index in [1.165, 1.54) is 26.4 Å². The van der Waals surface area contributed by atoms with Crippen LogP contribution in [-0.2, 0) is 17.8 Å². The predicted octanol–water partition coefficient (Wildman–Crippen LogP) is 1.34. The quantitative estimate of drug-likeness (QED) is 0.560. The molecule has 0 saturated heterocycles. The van der Waals surface area contributed by atoms with Crippen LogP contribution in [-0.4, -0.2) is 36.3 Å². The zero-order valence-electron chi connectivity index (χ0n) is 16.9. The molecule has 0 aliphatic carbocycles. The van der Waals surface area contributed by atoms with E-state index in [0.717, 1.165) is 0 Å². The maximum atomic E-state index is 12.4. The van der Waals surface area contributed by atoms with Crippen LogP contribution in [0.3, 0.4) is 0 Å². The maximum absolute atomic E-state index is 12.4. The van der Waals surface area contributed by atoms with Crippen molar-refractivity contribution in [2.45, 2.75) is 19.9 Å². The molecule has 9 nitrogen and oxygen atoms in total. The van der Waals surface area contributed by atoms with Crippen molar-refractivity contribution in [2.75, 3.05) is 20.8 Å². The first-order chi connectivity index (χ1) is 14.3. The van der Waals surface area contributed by atoms with Crippen molar-refractivity contribution < 1.29 is 23.8 Å². The Morgan fingerprint density at radius 2 is 1.87 bits per heavy atom. The third kappa shape index (κ3) is 4.29. The smallest absolute Gasteiger partial charge is 0.336 e. The minimum atomic E-state index is -0.572. The number of pyridine rings is 1. The number of aromatic nitrogens is 1. The van der Waals surface area contributed by atoms with Crippen LogP contribution in [0.2, 0.25) is 0 Å². The molecule has 0 aliphatic heterocycles. The van der Waals surface area contributed by atoms with E-state index in [4.69, 9.17) is 13.9 Å². The van der Waals surface area contributed by atoms with Crippen LogP contribution in [0.25, 0.3) is 11.0 Å². The SMILES string of the molecule is COc1cc2oc(=O)cc(CC(=O)NCCn3ccc(=O)c(O)c3C)c2cc1OC. The first-order valence-corrected chi connectivity index (χ1v) is 9.18. The maximum Gasteiger partial charge on any atom is 0.336 e. The Hall–Kier alpha value is -3.75. The Morgan fingerprint density at radius 3 is 2.57 bits per heavy atom. The van der Waals surface area contributed by atoms with Crippen molar-refractivity contribution in [3.05, 3.63) is 62.4 Å². The number of rotatable bonds is 7. The van der Waals surface area contributed by atoms with Crippen LogP contribution >= 0.6 is 0 Å². The monoisotopic (exact) mass is 414 g/mol. The van der Waals surface area contributed by atoms with Gasteiger partial charge in [0, 0.05) is 42.9 Å². The van der Waals surface area contributed by atoms with E-state index in [-0.39, 0.29) is 24.6 Å². The number of carbonyl (C=O) groups is 1. The number of nitrogens with one attached hydrogen (secondary N) is 1. The van der Waals surface area contributed by atoms with Gasteiger partial charge in [-0.1, -0.05) is 0 Å². The molecule has 30 heavy (non-hydrogen) atoms. The molecule has 0 radical (unpaired) electrons. The highest BCUT2D eigenvalue weighted by atomic mass is 16.5. The van der Waals surface area contributed by atoms with Crippen molar-refractivity contribution in [1.82, 2.24) is 9.88 Å². The standard InChI is InChI=1S/C21H22N2O7/c1-12-21(27)15(24)4-6-23(12)7-5-22-19(25)8-13-9-20(26)30-16-11-18(29-3)17(28-2)10-14(13)16/h4,6,9-11,27H,5,7-8H2,1-3H3,(H,22,25). The molecule has 0 fully saturated rings. The van der Waals surface area contributed by atoms with E-state index in [1.807, 2.05) is 0 Å². The molecular weight excluding hydrogens is 392 g/mol. The first-order valence-electron chi connectivity index (χ1n) is 9.18. The average molecular weight is 414 g/mol. The van der Waals surface area contributed by atoms with E-state index >= 15 is 0 Å². The number of benzene rings is 1. The van der Waals surface area contributed by atoms with Crippen molar-refractivity contribution in [3.63, 3.8) is 0 Å². The normalized spacial score (nSPS) is 10.8. The van der Waals surface area contributed by atoms with Crippen molar-refractivity contribution in [1.29, 1.82) is 0 Å². The van der Waals surface area contributed by atoms with Crippen molar-refractivity contribution >= 4 is 16.9 Å². The molecule has 2 aromatic heterocycles. The highest BCUT2D eigenvalue weighted by Crippen LogP contribution is 2.33. The second-order valence-corrected chi connectivity index (χ2v) is 6.63. The summed E-state index contributed by atoms with van der Waals surface area (Å²) in [6, 6.07) is 5.74. The van der Waals surface area contributed by atoms with Gasteiger partial charge in [-0.3, -0.25) is 9.59 Å². The largest absolute Gasteiger partial charge is 0.503 e. The zero-order chi connectivity index (χ0) is 21.8. The van der Waals surface area contributed by atoms with Crippen LogP contribution in [0.5, 0.6) is 17.2 Å². The van der Waals surface area contributed by atoms with Gasteiger partial charge in [0.2, 0.25) is 11.3 Å². The lowest BCUT2D eigenvalue weighted by Crippen LogP contribution is -2.29. The summed E-state index contributed by atoms with van der Waals surface area (Å²) in [5.41, 5.74) is 0.190. The lowest BCUT2D eigenvalue weighted by Gasteiger charge is -2.13. The van der Waals surface area contributed by atoms with Gasteiger partial charge >= 0.3 is 5.63 Å². The average Bonchev–Trinajstić information content (AvgIpc) is 2.72. The summed E-state index contributed by atoms with van der Waals surface area (Å²) in [4.78, 5) is 35.8. The fourth-order valence-corrected chi connectivity index (χ4v) is 3.16. The molecule has 1 amide bonds. The van der Waals surface area contributed by atoms with E-state index in [0.29, 0.717) is 40.3 Å². The molecule has 1 aromatic carbocycles. The molecule has 0 unspecified atom stereocenters. The third-order valence-electron chi connectivity index (χ3n) is 4.77. The number of aromatic hydroxyl groups is 1. The number of ether oxygens (including phenoxy) is 2. The molecule has 158 valence electrons. The summed E-state index contributed by atoms with van der Waals surface area (Å²) in [6.07, 6.45) is 1.52. The van der Waals surface area contributed by atoms with Crippen molar-refractivity contribution in [2.24, 2.45) is 0 Å². The number of hydrogen-bond donors (Lipinski definition) is 2. The van der Waals surface area contributed by atoms with Crippen LogP contribution in [0.1, 0.15) is 11.3 Å². The summed E-state index contributed by atoms with van der Waals surface area (Å²) >= 11 is 0. The number of methoxy groups -OCH3 is 2. The molecular formula is C21H22N2O7. The summed E-state index contributed by atoms with van der Waals surface area (Å²) in [6.45, 7) is 2.27. The topological polar surface area (TPSA) is 120 Å². The van der Waals surface area contributed by atoms with Gasteiger partial charge in [-0.05, 0) is 18.6 Å². The molecule has 3 rings (SSSR count). The molecule has 0 spiro atoms. The van der Waals surface area contributed by atoms with Gasteiger partial charge in [0.05, 0.1) is 26.3 Å². The zero-order valence-corrected chi connectivity index (χ0v) is 16.9. The minimum absolute atomic E-state index is 0.0357. The summed E-state index contributed by atoms with van der Waals surface area (Å²) in [7, 11) is 2.97. The van der Waals surface area contributed by atoms with Gasteiger partial charge in [0.15, 0.2) is 17.2 Å². The second kappa shape index (κ2) is 8.73. The number of fused-ring (bicyclic) bond motifs is 1. The lowest BCUT2D eigenvalue weighted by atomic mass is 10.1. The summed E-state index contributed by atoms with van der Waals surface area (Å²) < 4.78 is 17.4. The lowest BCUT2D eigenvalue weighted by molar-refractivity contribution is -0.120. The fraction of sp³-hybridized carbons (Fsp3) is 0.286. The number of hydrogen-bond acceptors (Lipinski definition) is 7. The van der Waals surface area contributed by atoms with Gasteiger partial charge in [-0.15, -0.1) is 0 Å². The van der Waals surface area contributed by atoms with E-state index < -0.39 is 11.1 Å². The molecule has 9 heteroatoms. The van der Waals surface area contributed by atoms with Crippen LogP contribution < -0.4 is 25.8 Å². The number of nitrogens with zero attached hydrogens (tertiary/aromatic N) is 1. The molecule has 3 aromatic rings. The third-order valence-corrected chi connectivity index (χ3v) is 4.77. The van der Waals surface area contributed by atoms with E-state index in [9.17, 15) is 19.5 Å². The highest BCUT2D eigenvalue weighted by Gasteiger charge is 2.14. The molecule has 0 atom stereocenters. The van der Waals surface area contributed by atoms with Gasteiger partial charge in [-0.2, -0.15) is 0 Å². The van der Waals surface area contributed by atoms with Gasteiger partial charge in [-0.25, -0.2) is 4.79 Å². The highest BCUT2D eigenvalue weighted by molar-refractivity contribution is 5.89. The molecule has 2 heterocycles. The first kappa shape index (κ1) is 21.0. The molecule has 0 saturated carbocycles. The van der Waals surface area contributed by atoms with E-state index in [1.54, 1.807) is 29.8 Å².